The lowest BCUT2D eigenvalue weighted by Crippen LogP contribution is -2.16. The van der Waals surface area contributed by atoms with E-state index in [9.17, 15) is 14.5 Å². The number of esters is 1. The van der Waals surface area contributed by atoms with Gasteiger partial charge in [-0.05, 0) is 65.9 Å². The van der Waals surface area contributed by atoms with E-state index < -0.39 is 17.8 Å². The van der Waals surface area contributed by atoms with Crippen LogP contribution in [0.1, 0.15) is 51.7 Å². The molecule has 6 nitrogen and oxygen atoms in total. The van der Waals surface area contributed by atoms with Crippen molar-refractivity contribution >= 4 is 28.9 Å². The smallest absolute Gasteiger partial charge is 0.348 e. The van der Waals surface area contributed by atoms with Gasteiger partial charge >= 0.3 is 5.97 Å². The first-order chi connectivity index (χ1) is 17.8. The first-order valence-electron chi connectivity index (χ1n) is 11.6. The van der Waals surface area contributed by atoms with Gasteiger partial charge in [0.15, 0.2) is 0 Å². The van der Waals surface area contributed by atoms with Crippen molar-refractivity contribution in [2.75, 3.05) is 6.61 Å². The molecular weight excluding hydrogens is 515 g/mol. The Hall–Kier alpha value is -3.62. The van der Waals surface area contributed by atoms with E-state index in [0.717, 1.165) is 16.0 Å². The second kappa shape index (κ2) is 11.6. The fraction of sp³-hybridized carbons (Fsp3) is 0.214. The number of hydrogen-bond acceptors (Lipinski definition) is 6. The van der Waals surface area contributed by atoms with Crippen LogP contribution in [0, 0.1) is 10.7 Å². The molecule has 9 heteroatoms. The Morgan fingerprint density at radius 2 is 1.81 bits per heavy atom. The lowest BCUT2D eigenvalue weighted by Gasteiger charge is -2.22. The van der Waals surface area contributed by atoms with Crippen LogP contribution >= 0.6 is 22.9 Å². The summed E-state index contributed by atoms with van der Waals surface area (Å²) in [6.07, 6.45) is 1.76. The zero-order valence-electron chi connectivity index (χ0n) is 20.2. The maximum Gasteiger partial charge on any atom is 0.348 e. The van der Waals surface area contributed by atoms with Crippen LogP contribution in [0.15, 0.2) is 82.9 Å². The summed E-state index contributed by atoms with van der Waals surface area (Å²) in [5.41, 5.74) is 2.42. The fourth-order valence-electron chi connectivity index (χ4n) is 4.19. The van der Waals surface area contributed by atoms with E-state index in [1.807, 2.05) is 30.3 Å². The summed E-state index contributed by atoms with van der Waals surface area (Å²) in [4.78, 5) is 37.1. The van der Waals surface area contributed by atoms with Gasteiger partial charge in [-0.2, -0.15) is 4.91 Å². The van der Waals surface area contributed by atoms with Crippen molar-refractivity contribution in [2.45, 2.75) is 25.3 Å². The lowest BCUT2D eigenvalue weighted by molar-refractivity contribution is 0.0532. The van der Waals surface area contributed by atoms with Crippen LogP contribution in [0.5, 0.6) is 0 Å². The highest BCUT2D eigenvalue weighted by atomic mass is 35.5. The molecule has 0 spiro atoms. The van der Waals surface area contributed by atoms with Crippen molar-refractivity contribution in [1.82, 2.24) is 4.57 Å². The van der Waals surface area contributed by atoms with E-state index in [1.54, 1.807) is 44.4 Å². The highest BCUT2D eigenvalue weighted by Gasteiger charge is 2.25. The zero-order chi connectivity index (χ0) is 26.5. The lowest BCUT2D eigenvalue weighted by atomic mass is 9.84. The Morgan fingerprint density at radius 3 is 2.46 bits per heavy atom. The van der Waals surface area contributed by atoms with Gasteiger partial charge in [0.25, 0.3) is 0 Å². The topological polar surface area (TPSA) is 77.7 Å². The monoisotopic (exact) mass is 538 g/mol. The van der Waals surface area contributed by atoms with Gasteiger partial charge in [-0.15, -0.1) is 11.3 Å². The van der Waals surface area contributed by atoms with Crippen molar-refractivity contribution in [1.29, 1.82) is 0 Å². The predicted octanol–water partition coefficient (Wildman–Crippen LogP) is 7.11. The quantitative estimate of drug-likeness (QED) is 0.168. The van der Waals surface area contributed by atoms with Crippen molar-refractivity contribution < 1.29 is 13.9 Å². The summed E-state index contributed by atoms with van der Waals surface area (Å²) >= 11 is 7.32. The summed E-state index contributed by atoms with van der Waals surface area (Å²) in [6.45, 7) is 2.06. The van der Waals surface area contributed by atoms with Crippen LogP contribution in [0.2, 0.25) is 5.02 Å². The van der Waals surface area contributed by atoms with Crippen LogP contribution in [0.25, 0.3) is 10.4 Å². The summed E-state index contributed by atoms with van der Waals surface area (Å²) < 4.78 is 21.5. The van der Waals surface area contributed by atoms with E-state index in [4.69, 9.17) is 16.3 Å². The van der Waals surface area contributed by atoms with Crippen LogP contribution in [-0.4, -0.2) is 17.1 Å². The van der Waals surface area contributed by atoms with Crippen LogP contribution in [0.3, 0.4) is 0 Å². The minimum absolute atomic E-state index is 0.186. The highest BCUT2D eigenvalue weighted by Crippen LogP contribution is 2.38. The minimum atomic E-state index is -0.809. The van der Waals surface area contributed by atoms with Crippen LogP contribution < -0.4 is 5.56 Å². The molecule has 2 atom stereocenters. The van der Waals surface area contributed by atoms with Crippen LogP contribution in [0.4, 0.5) is 4.39 Å². The van der Waals surface area contributed by atoms with Crippen molar-refractivity contribution in [3.63, 3.8) is 0 Å². The van der Waals surface area contributed by atoms with Gasteiger partial charge in [0.1, 0.15) is 16.7 Å². The molecule has 0 amide bonds. The van der Waals surface area contributed by atoms with Gasteiger partial charge in [-0.1, -0.05) is 47.1 Å². The molecule has 0 saturated carbocycles. The van der Waals surface area contributed by atoms with Crippen molar-refractivity contribution in [3.05, 3.63) is 121 Å². The van der Waals surface area contributed by atoms with Gasteiger partial charge in [-0.3, -0.25) is 4.79 Å². The average Bonchev–Trinajstić information content (AvgIpc) is 3.38. The normalized spacial score (nSPS) is 12.6. The number of carbonyl (C=O) groups is 1. The molecule has 0 aliphatic heterocycles. The number of ether oxygens (including phenoxy) is 1. The number of aryl methyl sites for hydroxylation is 1. The van der Waals surface area contributed by atoms with Gasteiger partial charge in [0, 0.05) is 35.1 Å². The van der Waals surface area contributed by atoms with Gasteiger partial charge in [-0.25, -0.2) is 9.18 Å². The molecule has 0 saturated heterocycles. The van der Waals surface area contributed by atoms with Gasteiger partial charge in [0.05, 0.1) is 6.61 Å². The number of thiophene rings is 1. The van der Waals surface area contributed by atoms with Crippen LogP contribution in [-0.2, 0) is 11.8 Å². The molecule has 4 aromatic rings. The van der Waals surface area contributed by atoms with E-state index in [1.165, 1.54) is 28.0 Å². The predicted molar refractivity (Wildman–Crippen MR) is 144 cm³/mol. The molecule has 190 valence electrons. The zero-order valence-corrected chi connectivity index (χ0v) is 21.8. The Labute approximate surface area is 222 Å². The molecule has 2 unspecified atom stereocenters. The summed E-state index contributed by atoms with van der Waals surface area (Å²) in [7, 11) is 1.60. The third-order valence-corrected chi connectivity index (χ3v) is 7.45. The van der Waals surface area contributed by atoms with E-state index in [2.05, 4.69) is 5.18 Å². The number of nitrogens with zero attached hydrogens (tertiary/aromatic N) is 2. The maximum absolute atomic E-state index is 15.1. The first-order valence-corrected chi connectivity index (χ1v) is 12.8. The average molecular weight is 539 g/mol. The molecule has 2 heterocycles. The number of carbonyl (C=O) groups excluding carboxylic acids is 1. The molecule has 0 radical (unpaired) electrons. The standard InChI is InChI=1S/C28H24ClFN2O4S/c1-3-36-28(34)26-12-11-25(37-26)18-6-4-17(5-7-18)22(21-10-9-20(29)14-23(21)30)15-24(31-35)19-8-13-27(33)32(2)16-19/h4-14,16,22,24H,3,15H2,1-2H3. The Morgan fingerprint density at radius 1 is 1.08 bits per heavy atom. The molecule has 2 aromatic heterocycles. The molecule has 4 rings (SSSR count). The number of aromatic nitrogens is 1. The second-order valence-electron chi connectivity index (χ2n) is 8.49. The number of nitroso groups, excluding NO2 is 1. The molecule has 0 N–H and O–H groups in total. The summed E-state index contributed by atoms with van der Waals surface area (Å²) in [6, 6.07) is 17.7. The number of pyridine rings is 1. The largest absolute Gasteiger partial charge is 0.462 e. The Kier molecular flexibility index (Phi) is 8.31. The molecule has 0 bridgehead atoms. The summed E-state index contributed by atoms with van der Waals surface area (Å²) in [5, 5.41) is 3.58. The molecule has 0 aliphatic carbocycles. The minimum Gasteiger partial charge on any atom is -0.462 e. The van der Waals surface area contributed by atoms with E-state index in [-0.39, 0.29) is 23.0 Å². The summed E-state index contributed by atoms with van der Waals surface area (Å²) in [5.74, 6) is -1.35. The Bertz CT molecular complexity index is 1480. The van der Waals surface area contributed by atoms with Crippen molar-refractivity contribution in [3.8, 4) is 10.4 Å². The number of rotatable bonds is 9. The molecule has 0 aliphatic rings. The van der Waals surface area contributed by atoms with E-state index >= 15 is 4.39 Å². The molecule has 0 fully saturated rings. The maximum atomic E-state index is 15.1. The van der Waals surface area contributed by atoms with Gasteiger partial charge < -0.3 is 9.30 Å². The number of benzene rings is 2. The SMILES string of the molecule is CCOC(=O)c1ccc(-c2ccc(C(CC(N=O)c3ccc(=O)n(C)c3)c3ccc(Cl)cc3F)cc2)s1. The molecular formula is C28H24ClFN2O4S. The molecule has 2 aromatic carbocycles. The Balaban J connectivity index is 1.69. The number of hydrogen-bond donors (Lipinski definition) is 0. The third kappa shape index (κ3) is 6.03. The molecule has 37 heavy (non-hydrogen) atoms. The second-order valence-corrected chi connectivity index (χ2v) is 10.0. The third-order valence-electron chi connectivity index (χ3n) is 6.10. The van der Waals surface area contributed by atoms with E-state index in [0.29, 0.717) is 22.6 Å². The van der Waals surface area contributed by atoms with Crippen molar-refractivity contribution in [2.24, 2.45) is 12.2 Å². The fourth-order valence-corrected chi connectivity index (χ4v) is 5.25. The number of halogens is 2. The highest BCUT2D eigenvalue weighted by molar-refractivity contribution is 7.17. The van der Waals surface area contributed by atoms with Gasteiger partial charge in [0.2, 0.25) is 5.56 Å². The first kappa shape index (κ1) is 26.4.